The summed E-state index contributed by atoms with van der Waals surface area (Å²) in [5.74, 6) is -0.702. The first-order valence-electron chi connectivity index (χ1n) is 10.1. The first-order chi connectivity index (χ1) is 13.5. The van der Waals surface area contributed by atoms with Crippen LogP contribution in [0, 0.1) is 11.8 Å². The smallest absolute Gasteiger partial charge is 0.239 e. The van der Waals surface area contributed by atoms with Gasteiger partial charge in [-0.2, -0.15) is 0 Å². The molecule has 7 heteroatoms. The second-order valence-corrected chi connectivity index (χ2v) is 7.85. The Hall–Kier alpha value is -2.08. The molecule has 3 amide bonds. The molecule has 2 heterocycles. The van der Waals surface area contributed by atoms with E-state index in [4.69, 9.17) is 11.6 Å². The van der Waals surface area contributed by atoms with E-state index in [0.29, 0.717) is 57.0 Å². The summed E-state index contributed by atoms with van der Waals surface area (Å²) in [4.78, 5) is 43.5. The van der Waals surface area contributed by atoms with Crippen LogP contribution in [0.3, 0.4) is 0 Å². The van der Waals surface area contributed by atoms with Gasteiger partial charge < -0.3 is 14.7 Å². The zero-order chi connectivity index (χ0) is 20.3. The molecule has 0 saturated carbocycles. The topological polar surface area (TPSA) is 60.9 Å². The molecule has 1 atom stereocenters. The Morgan fingerprint density at radius 2 is 1.64 bits per heavy atom. The summed E-state index contributed by atoms with van der Waals surface area (Å²) in [5.41, 5.74) is 0.772. The molecule has 1 aromatic carbocycles. The molecule has 6 nitrogen and oxygen atoms in total. The number of hydrogen-bond acceptors (Lipinski definition) is 3. The third-order valence-electron chi connectivity index (χ3n) is 5.87. The fourth-order valence-corrected chi connectivity index (χ4v) is 4.27. The van der Waals surface area contributed by atoms with E-state index in [-0.39, 0.29) is 23.6 Å². The molecule has 1 unspecified atom stereocenters. The minimum Gasteiger partial charge on any atom is -0.343 e. The monoisotopic (exact) mass is 405 g/mol. The summed E-state index contributed by atoms with van der Waals surface area (Å²) in [6, 6.07) is 7.10. The molecule has 0 spiro atoms. The number of carbonyl (C=O) groups excluding carboxylic acids is 3. The van der Waals surface area contributed by atoms with E-state index in [1.54, 1.807) is 34.1 Å². The zero-order valence-corrected chi connectivity index (χ0v) is 17.3. The zero-order valence-electron chi connectivity index (χ0n) is 16.6. The Balaban J connectivity index is 1.57. The van der Waals surface area contributed by atoms with Crippen molar-refractivity contribution in [1.29, 1.82) is 0 Å². The lowest BCUT2D eigenvalue weighted by molar-refractivity contribution is -0.144. The number of piperidine rings is 1. The maximum atomic E-state index is 12.9. The molecule has 0 N–H and O–H groups in total. The molecule has 2 saturated heterocycles. The van der Waals surface area contributed by atoms with Crippen molar-refractivity contribution in [2.24, 2.45) is 11.8 Å². The van der Waals surface area contributed by atoms with Crippen LogP contribution in [0.5, 0.6) is 0 Å². The number of nitrogens with zero attached hydrogens (tertiary/aromatic N) is 3. The Kier molecular flexibility index (Phi) is 6.60. The summed E-state index contributed by atoms with van der Waals surface area (Å²) >= 11 is 5.92. The van der Waals surface area contributed by atoms with Crippen molar-refractivity contribution in [3.63, 3.8) is 0 Å². The van der Waals surface area contributed by atoms with Gasteiger partial charge in [0.25, 0.3) is 0 Å². The van der Waals surface area contributed by atoms with Crippen molar-refractivity contribution in [2.75, 3.05) is 37.6 Å². The fourth-order valence-electron chi connectivity index (χ4n) is 4.15. The van der Waals surface area contributed by atoms with Gasteiger partial charge >= 0.3 is 0 Å². The third kappa shape index (κ3) is 4.17. The Morgan fingerprint density at radius 1 is 1.04 bits per heavy atom. The highest BCUT2D eigenvalue weighted by atomic mass is 35.5. The fraction of sp³-hybridized carbons (Fsp3) is 0.571. The van der Waals surface area contributed by atoms with Crippen LogP contribution >= 0.6 is 11.6 Å². The second kappa shape index (κ2) is 8.95. The molecule has 0 aromatic heterocycles. The lowest BCUT2D eigenvalue weighted by Crippen LogP contribution is -2.47. The maximum absolute atomic E-state index is 12.9. The Labute approximate surface area is 171 Å². The van der Waals surface area contributed by atoms with Crippen molar-refractivity contribution in [1.82, 2.24) is 9.80 Å². The van der Waals surface area contributed by atoms with E-state index < -0.39 is 5.92 Å². The number of likely N-dealkylation sites (tertiary alicyclic amines) is 1. The minimum atomic E-state index is -0.620. The van der Waals surface area contributed by atoms with Crippen molar-refractivity contribution in [3.05, 3.63) is 29.3 Å². The van der Waals surface area contributed by atoms with Crippen molar-refractivity contribution >= 4 is 35.0 Å². The van der Waals surface area contributed by atoms with Gasteiger partial charge in [0.2, 0.25) is 17.7 Å². The van der Waals surface area contributed by atoms with Gasteiger partial charge in [0.05, 0.1) is 0 Å². The predicted molar refractivity (Wildman–Crippen MR) is 109 cm³/mol. The molecule has 2 aliphatic heterocycles. The number of amides is 3. The molecule has 152 valence electrons. The van der Waals surface area contributed by atoms with E-state index in [1.807, 2.05) is 18.7 Å². The molecule has 0 aliphatic carbocycles. The second-order valence-electron chi connectivity index (χ2n) is 7.42. The number of anilines is 1. The minimum absolute atomic E-state index is 0.0196. The van der Waals surface area contributed by atoms with Gasteiger partial charge in [-0.15, -0.1) is 0 Å². The molecular weight excluding hydrogens is 378 g/mol. The van der Waals surface area contributed by atoms with Crippen molar-refractivity contribution in [3.8, 4) is 0 Å². The van der Waals surface area contributed by atoms with E-state index in [9.17, 15) is 14.4 Å². The van der Waals surface area contributed by atoms with E-state index in [0.717, 1.165) is 5.69 Å². The predicted octanol–water partition coefficient (Wildman–Crippen LogP) is 2.80. The van der Waals surface area contributed by atoms with Crippen LogP contribution in [-0.2, 0) is 14.4 Å². The van der Waals surface area contributed by atoms with Gasteiger partial charge in [0.1, 0.15) is 5.92 Å². The SMILES string of the molecule is CCN(CC)C(=O)C1CCN(C(=O)C2CCN(c3ccc(Cl)cc3)C2=O)CC1. The number of benzene rings is 1. The normalized spacial score (nSPS) is 20.5. The van der Waals surface area contributed by atoms with Crippen molar-refractivity contribution in [2.45, 2.75) is 33.1 Å². The molecule has 28 heavy (non-hydrogen) atoms. The van der Waals surface area contributed by atoms with Crippen LogP contribution in [0.1, 0.15) is 33.1 Å². The highest BCUT2D eigenvalue weighted by Gasteiger charge is 2.41. The molecule has 2 aliphatic rings. The molecule has 1 aromatic rings. The summed E-state index contributed by atoms with van der Waals surface area (Å²) in [6.45, 7) is 7.02. The van der Waals surface area contributed by atoms with Crippen LogP contribution in [0.2, 0.25) is 5.02 Å². The lowest BCUT2D eigenvalue weighted by atomic mass is 9.94. The molecule has 3 rings (SSSR count). The number of carbonyl (C=O) groups is 3. The van der Waals surface area contributed by atoms with E-state index >= 15 is 0 Å². The highest BCUT2D eigenvalue weighted by molar-refractivity contribution is 6.30. The van der Waals surface area contributed by atoms with Gasteiger partial charge in [-0.3, -0.25) is 14.4 Å². The average molecular weight is 406 g/mol. The maximum Gasteiger partial charge on any atom is 0.239 e. The summed E-state index contributed by atoms with van der Waals surface area (Å²) in [6.07, 6.45) is 1.87. The van der Waals surface area contributed by atoms with E-state index in [2.05, 4.69) is 0 Å². The largest absolute Gasteiger partial charge is 0.343 e. The summed E-state index contributed by atoms with van der Waals surface area (Å²) < 4.78 is 0. The first kappa shape index (κ1) is 20.6. The van der Waals surface area contributed by atoms with Gasteiger partial charge in [-0.1, -0.05) is 11.6 Å². The van der Waals surface area contributed by atoms with Crippen molar-refractivity contribution < 1.29 is 14.4 Å². The first-order valence-corrected chi connectivity index (χ1v) is 10.5. The molecular formula is C21H28ClN3O3. The summed E-state index contributed by atoms with van der Waals surface area (Å²) in [7, 11) is 0. The number of halogens is 1. The van der Waals surface area contributed by atoms with E-state index in [1.165, 1.54) is 0 Å². The van der Waals surface area contributed by atoms with Gasteiger partial charge in [-0.25, -0.2) is 0 Å². The molecule has 2 fully saturated rings. The van der Waals surface area contributed by atoms with Gasteiger partial charge in [0.15, 0.2) is 0 Å². The standard InChI is InChI=1S/C21H28ClN3O3/c1-3-23(4-2)19(26)15-9-12-24(13-10-15)20(27)18-11-14-25(21(18)28)17-7-5-16(22)6-8-17/h5-8,15,18H,3-4,9-14H2,1-2H3. The Morgan fingerprint density at radius 3 is 2.21 bits per heavy atom. The average Bonchev–Trinajstić information content (AvgIpc) is 3.10. The van der Waals surface area contributed by atoms with Gasteiger partial charge in [-0.05, 0) is 57.4 Å². The highest BCUT2D eigenvalue weighted by Crippen LogP contribution is 2.29. The molecule has 0 radical (unpaired) electrons. The number of hydrogen-bond donors (Lipinski definition) is 0. The lowest BCUT2D eigenvalue weighted by Gasteiger charge is -2.34. The van der Waals surface area contributed by atoms with Crippen LogP contribution in [0.25, 0.3) is 0 Å². The van der Waals surface area contributed by atoms with Gasteiger partial charge in [0, 0.05) is 49.4 Å². The van der Waals surface area contributed by atoms with Crippen LogP contribution < -0.4 is 4.90 Å². The summed E-state index contributed by atoms with van der Waals surface area (Å²) in [5, 5.41) is 0.616. The number of rotatable bonds is 5. The van der Waals surface area contributed by atoms with Crippen LogP contribution in [0.4, 0.5) is 5.69 Å². The van der Waals surface area contributed by atoms with Crippen LogP contribution in [-0.4, -0.2) is 60.2 Å². The quantitative estimate of drug-likeness (QED) is 0.708. The van der Waals surface area contributed by atoms with Crippen LogP contribution in [0.15, 0.2) is 24.3 Å². The third-order valence-corrected chi connectivity index (χ3v) is 6.12. The molecule has 0 bridgehead atoms. The Bertz CT molecular complexity index is 725.